The lowest BCUT2D eigenvalue weighted by molar-refractivity contribution is -0.121. The molecule has 202 valence electrons. The zero-order valence-electron chi connectivity index (χ0n) is 21.8. The Hall–Kier alpha value is -4.64. The van der Waals surface area contributed by atoms with Gasteiger partial charge in [-0.05, 0) is 36.1 Å². The summed E-state index contributed by atoms with van der Waals surface area (Å²) in [5.74, 6) is 0.660. The largest absolute Gasteiger partial charge is 0.445 e. The minimum Gasteiger partial charge on any atom is -0.445 e. The number of carbonyl (C=O) groups excluding carboxylic acids is 2. The Balaban J connectivity index is 1.30. The highest BCUT2D eigenvalue weighted by atomic mass is 32.2. The predicted octanol–water partition coefficient (Wildman–Crippen LogP) is 4.22. The second-order valence-corrected chi connectivity index (χ2v) is 10.2. The lowest BCUT2D eigenvalue weighted by Gasteiger charge is -2.23. The maximum Gasteiger partial charge on any atom is 0.410 e. The van der Waals surface area contributed by atoms with Gasteiger partial charge in [0.25, 0.3) is 0 Å². The minimum atomic E-state index is -0.780. The van der Waals surface area contributed by atoms with Crippen LogP contribution in [0.25, 0.3) is 27.9 Å². The second kappa shape index (κ2) is 11.2. The third-order valence-corrected chi connectivity index (χ3v) is 7.44. The fourth-order valence-corrected chi connectivity index (χ4v) is 5.00. The van der Waals surface area contributed by atoms with E-state index in [-0.39, 0.29) is 19.1 Å². The molecule has 0 unspecified atom stereocenters. The Morgan fingerprint density at radius 2 is 1.82 bits per heavy atom. The van der Waals surface area contributed by atoms with Crippen molar-refractivity contribution >= 4 is 46.3 Å². The number of hydrogen-bond donors (Lipinski definition) is 2. The van der Waals surface area contributed by atoms with E-state index in [9.17, 15) is 9.59 Å². The Kier molecular flexibility index (Phi) is 7.19. The summed E-state index contributed by atoms with van der Waals surface area (Å²) >= 11 is 1.67. The highest BCUT2D eigenvalue weighted by Gasteiger charge is 2.30. The Morgan fingerprint density at radius 3 is 2.62 bits per heavy atom. The van der Waals surface area contributed by atoms with Gasteiger partial charge in [-0.15, -0.1) is 16.9 Å². The summed E-state index contributed by atoms with van der Waals surface area (Å²) in [6.07, 6.45) is 1.54. The van der Waals surface area contributed by atoms with Crippen molar-refractivity contribution in [1.29, 1.82) is 0 Å². The Labute approximate surface area is 234 Å². The normalized spacial score (nSPS) is 15.6. The van der Waals surface area contributed by atoms with Crippen LogP contribution in [0.4, 0.5) is 10.7 Å². The topological polar surface area (TPSA) is 114 Å². The number of benzene rings is 3. The standard InChI is InChI=1S/C29H27N7O3S/c1-40-21-13-11-20(12-14-21)25-33-26-22-9-5-6-10-23(22)31-28(36(26)34-25)32-24-17-35(16-15-30-27(24)37)29(38)39-18-19-7-3-2-4-8-19/h2-14,24H,15-18H2,1H3,(H,30,37)(H,31,32)/t24-/m1/s1. The van der Waals surface area contributed by atoms with E-state index >= 15 is 0 Å². The number of ether oxygens (including phenoxy) is 1. The molecule has 11 heteroatoms. The predicted molar refractivity (Wildman–Crippen MR) is 154 cm³/mol. The molecular weight excluding hydrogens is 526 g/mol. The number of para-hydroxylation sites is 1. The summed E-state index contributed by atoms with van der Waals surface area (Å²) in [5, 5.41) is 11.7. The van der Waals surface area contributed by atoms with Crippen LogP contribution < -0.4 is 10.6 Å². The number of carbonyl (C=O) groups is 2. The first kappa shape index (κ1) is 25.6. The quantitative estimate of drug-likeness (QED) is 0.301. The van der Waals surface area contributed by atoms with E-state index in [2.05, 4.69) is 10.6 Å². The molecule has 6 rings (SSSR count). The number of fused-ring (bicyclic) bond motifs is 3. The van der Waals surface area contributed by atoms with Crippen LogP contribution in [0.3, 0.4) is 0 Å². The number of nitrogens with one attached hydrogen (secondary N) is 2. The number of rotatable bonds is 6. The lowest BCUT2D eigenvalue weighted by atomic mass is 10.2. The summed E-state index contributed by atoms with van der Waals surface area (Å²) in [7, 11) is 0. The van der Waals surface area contributed by atoms with Crippen molar-refractivity contribution < 1.29 is 14.3 Å². The van der Waals surface area contributed by atoms with Crippen LogP contribution in [0.1, 0.15) is 5.56 Å². The Bertz CT molecular complexity index is 1670. The number of aromatic nitrogens is 4. The molecule has 1 saturated heterocycles. The van der Waals surface area contributed by atoms with Gasteiger partial charge in [0.2, 0.25) is 11.9 Å². The molecule has 5 aromatic rings. The van der Waals surface area contributed by atoms with Gasteiger partial charge in [-0.25, -0.2) is 14.8 Å². The molecule has 0 radical (unpaired) electrons. The van der Waals surface area contributed by atoms with Crippen LogP contribution in [0, 0.1) is 0 Å². The van der Waals surface area contributed by atoms with Gasteiger partial charge >= 0.3 is 6.09 Å². The van der Waals surface area contributed by atoms with Gasteiger partial charge in [-0.1, -0.05) is 54.6 Å². The molecule has 3 heterocycles. The molecule has 0 saturated carbocycles. The summed E-state index contributed by atoms with van der Waals surface area (Å²) in [6, 6.07) is 24.4. The smallest absolute Gasteiger partial charge is 0.410 e. The van der Waals surface area contributed by atoms with E-state index in [1.165, 1.54) is 4.90 Å². The van der Waals surface area contributed by atoms with Crippen LogP contribution >= 0.6 is 11.8 Å². The monoisotopic (exact) mass is 553 g/mol. The third kappa shape index (κ3) is 5.28. The van der Waals surface area contributed by atoms with Crippen molar-refractivity contribution in [3.63, 3.8) is 0 Å². The van der Waals surface area contributed by atoms with Crippen molar-refractivity contribution in [1.82, 2.24) is 29.8 Å². The molecule has 0 bridgehead atoms. The van der Waals surface area contributed by atoms with Crippen molar-refractivity contribution in [3.05, 3.63) is 84.4 Å². The number of amides is 2. The molecule has 0 spiro atoms. The average molecular weight is 554 g/mol. The molecule has 1 aliphatic rings. The van der Waals surface area contributed by atoms with Crippen molar-refractivity contribution in [3.8, 4) is 11.4 Å². The van der Waals surface area contributed by atoms with E-state index in [4.69, 9.17) is 19.8 Å². The van der Waals surface area contributed by atoms with Gasteiger partial charge < -0.3 is 20.3 Å². The van der Waals surface area contributed by atoms with Crippen LogP contribution in [0.5, 0.6) is 0 Å². The molecule has 1 aliphatic heterocycles. The number of hydrogen-bond acceptors (Lipinski definition) is 8. The van der Waals surface area contributed by atoms with Crippen LogP contribution in [-0.2, 0) is 16.1 Å². The zero-order chi connectivity index (χ0) is 27.5. The highest BCUT2D eigenvalue weighted by Crippen LogP contribution is 2.26. The van der Waals surface area contributed by atoms with Gasteiger partial charge in [0, 0.05) is 28.9 Å². The van der Waals surface area contributed by atoms with Gasteiger partial charge in [-0.2, -0.15) is 4.52 Å². The SMILES string of the molecule is CSc1ccc(-c2nc3c4ccccc4nc(N[C@@H]4CN(C(=O)OCc5ccccc5)CCNC4=O)n3n2)cc1. The number of anilines is 1. The second-order valence-electron chi connectivity index (χ2n) is 9.33. The molecule has 1 atom stereocenters. The van der Waals surface area contributed by atoms with E-state index in [1.54, 1.807) is 16.3 Å². The van der Waals surface area contributed by atoms with Crippen molar-refractivity contribution in [2.75, 3.05) is 31.2 Å². The Morgan fingerprint density at radius 1 is 1.05 bits per heavy atom. The number of thioether (sulfide) groups is 1. The summed E-state index contributed by atoms with van der Waals surface area (Å²) in [5.41, 5.74) is 3.09. The van der Waals surface area contributed by atoms with Crippen molar-refractivity contribution in [2.45, 2.75) is 17.5 Å². The first-order valence-electron chi connectivity index (χ1n) is 12.9. The first-order chi connectivity index (χ1) is 19.6. The molecular formula is C29H27N7O3S. The fourth-order valence-electron chi connectivity index (χ4n) is 4.59. The summed E-state index contributed by atoms with van der Waals surface area (Å²) in [4.78, 5) is 38.2. The summed E-state index contributed by atoms with van der Waals surface area (Å²) in [6.45, 7) is 0.907. The fraction of sp³-hybridized carbons (Fsp3) is 0.207. The molecule has 1 fully saturated rings. The van der Waals surface area contributed by atoms with Crippen LogP contribution in [0.2, 0.25) is 0 Å². The average Bonchev–Trinajstić information content (AvgIpc) is 3.37. The zero-order valence-corrected chi connectivity index (χ0v) is 22.6. The van der Waals surface area contributed by atoms with Gasteiger partial charge in [0.15, 0.2) is 11.5 Å². The number of nitrogens with zero attached hydrogens (tertiary/aromatic N) is 5. The van der Waals surface area contributed by atoms with Gasteiger partial charge in [0.1, 0.15) is 12.6 Å². The summed E-state index contributed by atoms with van der Waals surface area (Å²) < 4.78 is 7.15. The van der Waals surface area contributed by atoms with Gasteiger partial charge in [-0.3, -0.25) is 4.79 Å². The van der Waals surface area contributed by atoms with Crippen LogP contribution in [-0.4, -0.2) is 68.4 Å². The van der Waals surface area contributed by atoms with E-state index < -0.39 is 12.1 Å². The molecule has 2 N–H and O–H groups in total. The molecule has 2 amide bonds. The van der Waals surface area contributed by atoms with E-state index in [0.29, 0.717) is 36.0 Å². The molecule has 10 nitrogen and oxygen atoms in total. The van der Waals surface area contributed by atoms with Gasteiger partial charge in [0.05, 0.1) is 12.1 Å². The maximum absolute atomic E-state index is 13.0. The molecule has 0 aliphatic carbocycles. The molecule has 2 aromatic heterocycles. The van der Waals surface area contributed by atoms with E-state index in [1.807, 2.05) is 85.1 Å². The molecule has 40 heavy (non-hydrogen) atoms. The first-order valence-corrected chi connectivity index (χ1v) is 14.1. The maximum atomic E-state index is 13.0. The lowest BCUT2D eigenvalue weighted by Crippen LogP contribution is -2.44. The third-order valence-electron chi connectivity index (χ3n) is 6.69. The minimum absolute atomic E-state index is 0.104. The van der Waals surface area contributed by atoms with Crippen molar-refractivity contribution in [2.24, 2.45) is 0 Å². The van der Waals surface area contributed by atoms with E-state index in [0.717, 1.165) is 21.4 Å². The van der Waals surface area contributed by atoms with Crippen LogP contribution in [0.15, 0.2) is 83.8 Å². The highest BCUT2D eigenvalue weighted by molar-refractivity contribution is 7.98. The molecule has 3 aromatic carbocycles.